The van der Waals surface area contributed by atoms with Crippen molar-refractivity contribution in [1.29, 1.82) is 0 Å². The molecular weight excluding hydrogens is 328 g/mol. The van der Waals surface area contributed by atoms with Gasteiger partial charge >= 0.3 is 0 Å². The first-order chi connectivity index (χ1) is 13.3. The van der Waals surface area contributed by atoms with Crippen LogP contribution in [-0.4, -0.2) is 25.2 Å². The molecule has 0 aliphatic heterocycles. The molecule has 0 radical (unpaired) electrons. The first kappa shape index (κ1) is 20.1. The topological polar surface area (TPSA) is 24.1 Å². The second-order valence-corrected chi connectivity index (χ2v) is 8.14. The van der Waals surface area contributed by atoms with Gasteiger partial charge in [0.15, 0.2) is 0 Å². The van der Waals surface area contributed by atoms with Crippen LogP contribution in [0.5, 0.6) is 0 Å². The Morgan fingerprint density at radius 2 is 1.26 bits per heavy atom. The zero-order valence-corrected chi connectivity index (χ0v) is 16.9. The highest BCUT2D eigenvalue weighted by Crippen LogP contribution is 2.23. The summed E-state index contributed by atoms with van der Waals surface area (Å²) in [5, 5.41) is 7.61. The summed E-state index contributed by atoms with van der Waals surface area (Å²) in [6.45, 7) is 4.32. The number of benzene rings is 2. The fourth-order valence-electron chi connectivity index (χ4n) is 4.33. The van der Waals surface area contributed by atoms with Crippen molar-refractivity contribution in [1.82, 2.24) is 10.6 Å². The maximum atomic E-state index is 3.88. The third kappa shape index (κ3) is 6.79. The molecule has 1 aliphatic rings. The molecule has 2 aromatic rings. The van der Waals surface area contributed by atoms with Crippen LogP contribution in [0.4, 0.5) is 0 Å². The van der Waals surface area contributed by atoms with Crippen molar-refractivity contribution >= 4 is 0 Å². The van der Waals surface area contributed by atoms with Gasteiger partial charge in [-0.15, -0.1) is 0 Å². The van der Waals surface area contributed by atoms with Gasteiger partial charge in [0, 0.05) is 31.1 Å². The Morgan fingerprint density at radius 3 is 1.81 bits per heavy atom. The van der Waals surface area contributed by atoms with Crippen molar-refractivity contribution in [2.24, 2.45) is 0 Å². The normalized spacial score (nSPS) is 17.4. The number of rotatable bonds is 8. The summed E-state index contributed by atoms with van der Waals surface area (Å²) in [5.74, 6) is 0.404. The fraction of sp³-hybridized carbons (Fsp3) is 0.520. The van der Waals surface area contributed by atoms with Crippen LogP contribution in [0.15, 0.2) is 60.7 Å². The van der Waals surface area contributed by atoms with Gasteiger partial charge < -0.3 is 10.6 Å². The molecule has 2 N–H and O–H groups in total. The van der Waals surface area contributed by atoms with E-state index in [1.165, 1.54) is 56.1 Å². The molecule has 0 saturated heterocycles. The van der Waals surface area contributed by atoms with Crippen LogP contribution in [0.2, 0.25) is 0 Å². The van der Waals surface area contributed by atoms with Crippen LogP contribution in [0.25, 0.3) is 0 Å². The van der Waals surface area contributed by atoms with Crippen LogP contribution >= 0.6 is 0 Å². The van der Waals surface area contributed by atoms with E-state index in [0.717, 1.165) is 13.1 Å². The van der Waals surface area contributed by atoms with E-state index in [4.69, 9.17) is 0 Å². The highest BCUT2D eigenvalue weighted by atomic mass is 15.0. The van der Waals surface area contributed by atoms with Gasteiger partial charge in [-0.25, -0.2) is 0 Å². The Hall–Kier alpha value is -1.64. The van der Waals surface area contributed by atoms with Crippen molar-refractivity contribution in [3.05, 3.63) is 71.8 Å². The van der Waals surface area contributed by atoms with Gasteiger partial charge in [0.05, 0.1) is 0 Å². The molecule has 1 unspecified atom stereocenters. The van der Waals surface area contributed by atoms with Crippen molar-refractivity contribution in [2.45, 2.75) is 69.9 Å². The molecular formula is C25H36N2. The molecule has 27 heavy (non-hydrogen) atoms. The highest BCUT2D eigenvalue weighted by Gasteiger charge is 2.16. The minimum absolute atomic E-state index is 0.404. The third-order valence-corrected chi connectivity index (χ3v) is 5.83. The Labute approximate surface area is 165 Å². The molecule has 2 heteroatoms. The lowest BCUT2D eigenvalue weighted by Crippen LogP contribution is -2.43. The van der Waals surface area contributed by atoms with Gasteiger partial charge in [-0.05, 0) is 30.9 Å². The lowest BCUT2D eigenvalue weighted by atomic mass is 9.91. The molecule has 1 aliphatic carbocycles. The van der Waals surface area contributed by atoms with Gasteiger partial charge in [0.1, 0.15) is 0 Å². The van der Waals surface area contributed by atoms with Gasteiger partial charge in [-0.1, -0.05) is 92.8 Å². The predicted octanol–water partition coefficient (Wildman–Crippen LogP) is 5.50. The van der Waals surface area contributed by atoms with Gasteiger partial charge in [-0.3, -0.25) is 0 Å². The largest absolute Gasteiger partial charge is 0.314 e. The molecule has 1 fully saturated rings. The van der Waals surface area contributed by atoms with E-state index < -0.39 is 0 Å². The molecule has 1 atom stereocenters. The molecule has 0 heterocycles. The van der Waals surface area contributed by atoms with Gasteiger partial charge in [-0.2, -0.15) is 0 Å². The molecule has 0 aromatic heterocycles. The average molecular weight is 365 g/mol. The zero-order valence-electron chi connectivity index (χ0n) is 16.9. The molecule has 146 valence electrons. The summed E-state index contributed by atoms with van der Waals surface area (Å²) in [6, 6.07) is 23.0. The van der Waals surface area contributed by atoms with Crippen LogP contribution in [-0.2, 0) is 0 Å². The summed E-state index contributed by atoms with van der Waals surface area (Å²) < 4.78 is 0. The molecule has 2 nitrogen and oxygen atoms in total. The predicted molar refractivity (Wildman–Crippen MR) is 116 cm³/mol. The van der Waals surface area contributed by atoms with Crippen LogP contribution < -0.4 is 10.6 Å². The third-order valence-electron chi connectivity index (χ3n) is 5.83. The summed E-state index contributed by atoms with van der Waals surface area (Å²) in [6.07, 6.45) is 9.75. The van der Waals surface area contributed by atoms with E-state index in [0.29, 0.717) is 18.0 Å². The second kappa shape index (κ2) is 11.3. The Kier molecular flexibility index (Phi) is 8.38. The second-order valence-electron chi connectivity index (χ2n) is 8.14. The quantitative estimate of drug-likeness (QED) is 0.646. The van der Waals surface area contributed by atoms with E-state index in [9.17, 15) is 0 Å². The fourth-order valence-corrected chi connectivity index (χ4v) is 4.33. The summed E-state index contributed by atoms with van der Waals surface area (Å²) >= 11 is 0. The van der Waals surface area contributed by atoms with E-state index >= 15 is 0 Å². The molecule has 0 amide bonds. The standard InChI is InChI=1S/C25H36N2/c1-21(27-24-17-11-3-2-4-12-18-24)19-26-20-25(22-13-7-5-8-14-22)23-15-9-6-10-16-23/h5-10,13-16,21,24-27H,2-4,11-12,17-20H2,1H3. The number of nitrogens with one attached hydrogen (secondary N) is 2. The molecule has 3 rings (SSSR count). The summed E-state index contributed by atoms with van der Waals surface area (Å²) in [7, 11) is 0. The lowest BCUT2D eigenvalue weighted by molar-refractivity contribution is 0.352. The highest BCUT2D eigenvalue weighted by molar-refractivity contribution is 5.32. The van der Waals surface area contributed by atoms with Crippen molar-refractivity contribution < 1.29 is 0 Å². The molecule has 1 saturated carbocycles. The van der Waals surface area contributed by atoms with E-state index in [2.05, 4.69) is 78.2 Å². The first-order valence-corrected chi connectivity index (χ1v) is 10.9. The maximum absolute atomic E-state index is 3.88. The summed E-state index contributed by atoms with van der Waals surface area (Å²) in [4.78, 5) is 0. The number of hydrogen-bond donors (Lipinski definition) is 2. The van der Waals surface area contributed by atoms with Gasteiger partial charge in [0.25, 0.3) is 0 Å². The van der Waals surface area contributed by atoms with E-state index in [1.807, 2.05) is 0 Å². The van der Waals surface area contributed by atoms with Crippen LogP contribution in [0.1, 0.15) is 68.9 Å². The zero-order chi connectivity index (χ0) is 18.7. The van der Waals surface area contributed by atoms with Crippen molar-refractivity contribution in [3.8, 4) is 0 Å². The first-order valence-electron chi connectivity index (χ1n) is 10.9. The maximum Gasteiger partial charge on any atom is 0.0214 e. The lowest BCUT2D eigenvalue weighted by Gasteiger charge is -2.26. The minimum atomic E-state index is 0.404. The van der Waals surface area contributed by atoms with Crippen LogP contribution in [0, 0.1) is 0 Å². The summed E-state index contributed by atoms with van der Waals surface area (Å²) in [5.41, 5.74) is 2.77. The van der Waals surface area contributed by atoms with E-state index in [1.54, 1.807) is 0 Å². The van der Waals surface area contributed by atoms with E-state index in [-0.39, 0.29) is 0 Å². The minimum Gasteiger partial charge on any atom is -0.314 e. The number of hydrogen-bond acceptors (Lipinski definition) is 2. The van der Waals surface area contributed by atoms with Crippen molar-refractivity contribution in [2.75, 3.05) is 13.1 Å². The van der Waals surface area contributed by atoms with Crippen molar-refractivity contribution in [3.63, 3.8) is 0 Å². The average Bonchev–Trinajstić information content (AvgIpc) is 2.69. The Morgan fingerprint density at radius 1 is 0.741 bits per heavy atom. The molecule has 0 bridgehead atoms. The Balaban J connectivity index is 1.51. The Bertz CT molecular complexity index is 578. The molecule has 0 spiro atoms. The van der Waals surface area contributed by atoms with Gasteiger partial charge in [0.2, 0.25) is 0 Å². The van der Waals surface area contributed by atoms with Crippen LogP contribution in [0.3, 0.4) is 0 Å². The smallest absolute Gasteiger partial charge is 0.0214 e. The monoisotopic (exact) mass is 364 g/mol. The molecule has 2 aromatic carbocycles. The SMILES string of the molecule is CC(CNCC(c1ccccc1)c1ccccc1)NC1CCCCCCC1.